The van der Waals surface area contributed by atoms with Crippen molar-refractivity contribution in [3.8, 4) is 55.9 Å². The summed E-state index contributed by atoms with van der Waals surface area (Å²) >= 11 is 0. The van der Waals surface area contributed by atoms with Crippen LogP contribution < -0.4 is 0 Å². The monoisotopic (exact) mass is 661 g/mol. The molecule has 250 valence electrons. The van der Waals surface area contributed by atoms with E-state index in [1.165, 1.54) is 45.4 Å². The molecule has 0 radical (unpaired) electrons. The third kappa shape index (κ3) is 7.61. The number of nitrogens with zero attached hydrogens (tertiary/aromatic N) is 2. The van der Waals surface area contributed by atoms with Crippen molar-refractivity contribution in [2.75, 3.05) is 0 Å². The largest absolute Gasteiger partial charge is 0.256 e. The third-order valence-corrected chi connectivity index (χ3v) is 10.3. The van der Waals surface area contributed by atoms with Gasteiger partial charge in [-0.15, -0.1) is 0 Å². The number of rotatable bonds is 9. The zero-order valence-electron chi connectivity index (χ0n) is 30.4. The molecule has 2 aromatic heterocycles. The number of aromatic nitrogens is 2. The molecule has 0 spiro atoms. The summed E-state index contributed by atoms with van der Waals surface area (Å²) in [7, 11) is 0. The molecule has 1 aliphatic carbocycles. The highest BCUT2D eigenvalue weighted by atomic mass is 14.7. The predicted octanol–water partition coefficient (Wildman–Crippen LogP) is 13.0. The minimum Gasteiger partial charge on any atom is -0.256 e. The van der Waals surface area contributed by atoms with Crippen LogP contribution in [0.4, 0.5) is 0 Å². The third-order valence-electron chi connectivity index (χ3n) is 10.3. The lowest BCUT2D eigenvalue weighted by Gasteiger charge is -2.22. The van der Waals surface area contributed by atoms with Gasteiger partial charge in [-0.05, 0) is 113 Å². The van der Waals surface area contributed by atoms with Gasteiger partial charge < -0.3 is 0 Å². The molecule has 7 aromatic rings. The summed E-state index contributed by atoms with van der Waals surface area (Å²) in [6.07, 6.45) is 11.2. The molecule has 0 aliphatic heterocycles. The average Bonchev–Trinajstić information content (AvgIpc) is 3.21. The van der Waals surface area contributed by atoms with Crippen LogP contribution in [-0.2, 0) is 12.8 Å². The fraction of sp³-hybridized carbons (Fsp3) is 0.184. The molecule has 1 saturated carbocycles. The van der Waals surface area contributed by atoms with Gasteiger partial charge in [0, 0.05) is 24.9 Å². The highest BCUT2D eigenvalue weighted by molar-refractivity contribution is 5.85. The van der Waals surface area contributed by atoms with E-state index in [1.54, 1.807) is 0 Å². The molecule has 0 saturated heterocycles. The van der Waals surface area contributed by atoms with Crippen LogP contribution in [0.2, 0.25) is 0 Å². The zero-order valence-corrected chi connectivity index (χ0v) is 29.4. The van der Waals surface area contributed by atoms with E-state index >= 15 is 0 Å². The van der Waals surface area contributed by atoms with Crippen molar-refractivity contribution in [2.24, 2.45) is 0 Å². The Bertz CT molecular complexity index is 2270. The maximum absolute atomic E-state index is 9.01. The van der Waals surface area contributed by atoms with Crippen LogP contribution in [0.25, 0.3) is 55.9 Å². The first-order valence-corrected chi connectivity index (χ1v) is 18.4. The molecule has 0 N–H and O–H groups in total. The lowest BCUT2D eigenvalue weighted by atomic mass is 9.84. The van der Waals surface area contributed by atoms with E-state index in [4.69, 9.17) is 6.35 Å². The number of pyridine rings is 2. The summed E-state index contributed by atoms with van der Waals surface area (Å²) in [5, 5.41) is 0. The SMILES string of the molecule is [2H]C1(c2ccc(-c3ccnc(-c4ccc(-c5ccccc5-c5cc(C)cc(CCc6ccc(-c7ccccn7)cc6)c5)cc4)c3)cc2)CCCCC1. The first-order chi connectivity index (χ1) is 25.5. The quantitative estimate of drug-likeness (QED) is 0.154. The molecular weight excluding hydrogens is 617 g/mol. The molecule has 2 heterocycles. The summed E-state index contributed by atoms with van der Waals surface area (Å²) in [6.45, 7) is 2.20. The van der Waals surface area contributed by atoms with Gasteiger partial charge in [0.05, 0.1) is 11.4 Å². The van der Waals surface area contributed by atoms with Gasteiger partial charge in [0.1, 0.15) is 0 Å². The number of hydrogen-bond donors (Lipinski definition) is 0. The average molecular weight is 662 g/mol. The summed E-state index contributed by atoms with van der Waals surface area (Å²) in [5.74, 6) is -0.433. The molecule has 51 heavy (non-hydrogen) atoms. The minimum atomic E-state index is -0.433. The second kappa shape index (κ2) is 15.1. The fourth-order valence-electron chi connectivity index (χ4n) is 7.57. The van der Waals surface area contributed by atoms with E-state index in [0.29, 0.717) is 0 Å². The number of benzene rings is 5. The molecule has 0 bridgehead atoms. The lowest BCUT2D eigenvalue weighted by molar-refractivity contribution is 0.443. The van der Waals surface area contributed by atoms with Crippen molar-refractivity contribution < 1.29 is 1.37 Å². The Morgan fingerprint density at radius 3 is 1.86 bits per heavy atom. The molecule has 2 nitrogen and oxygen atoms in total. The van der Waals surface area contributed by atoms with Crippen LogP contribution >= 0.6 is 0 Å². The molecular formula is C49H44N2. The molecule has 1 aliphatic rings. The number of hydrogen-bond acceptors (Lipinski definition) is 2. The van der Waals surface area contributed by atoms with Gasteiger partial charge in [-0.1, -0.05) is 146 Å². The van der Waals surface area contributed by atoms with Crippen LogP contribution in [-0.4, -0.2) is 9.97 Å². The van der Waals surface area contributed by atoms with E-state index in [9.17, 15) is 0 Å². The van der Waals surface area contributed by atoms with Gasteiger partial charge in [-0.25, -0.2) is 0 Å². The van der Waals surface area contributed by atoms with Crippen LogP contribution in [0.3, 0.4) is 0 Å². The Morgan fingerprint density at radius 2 is 1.12 bits per heavy atom. The van der Waals surface area contributed by atoms with Crippen molar-refractivity contribution >= 4 is 0 Å². The standard InChI is InChI=1S/C49H44N2/c1-35-31-37(15-14-36-16-18-42(19-17-36)48-13-7-8-29-50-48)33-45(32-35)47-12-6-5-11-46(47)41-24-26-43(27-25-41)49-34-44(28-30-51-49)40-22-20-39(21-23-40)38-9-3-2-4-10-38/h5-8,11-13,16-34,38H,2-4,9-10,14-15H2,1H3/i38D. The van der Waals surface area contributed by atoms with Gasteiger partial charge in [-0.2, -0.15) is 0 Å². The van der Waals surface area contributed by atoms with Gasteiger partial charge in [0.25, 0.3) is 0 Å². The van der Waals surface area contributed by atoms with Crippen molar-refractivity contribution in [1.29, 1.82) is 0 Å². The Morgan fingerprint density at radius 1 is 0.490 bits per heavy atom. The molecule has 0 atom stereocenters. The zero-order chi connectivity index (χ0) is 35.3. The fourth-order valence-corrected chi connectivity index (χ4v) is 7.57. The van der Waals surface area contributed by atoms with Crippen molar-refractivity contribution in [3.63, 3.8) is 0 Å². The van der Waals surface area contributed by atoms with Crippen molar-refractivity contribution in [2.45, 2.75) is 57.8 Å². The lowest BCUT2D eigenvalue weighted by Crippen LogP contribution is -2.04. The first-order valence-electron chi connectivity index (χ1n) is 18.9. The highest BCUT2D eigenvalue weighted by Crippen LogP contribution is 2.36. The summed E-state index contributed by atoms with van der Waals surface area (Å²) in [6, 6.07) is 52.4. The highest BCUT2D eigenvalue weighted by Gasteiger charge is 2.16. The second-order valence-corrected chi connectivity index (χ2v) is 13.9. The topological polar surface area (TPSA) is 25.8 Å². The maximum Gasteiger partial charge on any atom is 0.0708 e. The predicted molar refractivity (Wildman–Crippen MR) is 214 cm³/mol. The van der Waals surface area contributed by atoms with E-state index in [-0.39, 0.29) is 0 Å². The summed E-state index contributed by atoms with van der Waals surface area (Å²) in [4.78, 5) is 9.24. The van der Waals surface area contributed by atoms with E-state index in [2.05, 4.69) is 145 Å². The molecule has 2 heteroatoms. The molecule has 5 aromatic carbocycles. The Hall–Kier alpha value is -5.60. The Labute approximate surface area is 304 Å². The normalized spacial score (nSPS) is 14.2. The van der Waals surface area contributed by atoms with E-state index < -0.39 is 5.89 Å². The van der Waals surface area contributed by atoms with Crippen LogP contribution in [0, 0.1) is 6.92 Å². The minimum absolute atomic E-state index is 0.433. The van der Waals surface area contributed by atoms with Gasteiger partial charge in [-0.3, -0.25) is 9.97 Å². The Balaban J connectivity index is 0.991. The van der Waals surface area contributed by atoms with Crippen LogP contribution in [0.5, 0.6) is 0 Å². The molecule has 8 rings (SSSR count). The molecule has 1 fully saturated rings. The maximum atomic E-state index is 9.01. The molecule has 0 unspecified atom stereocenters. The van der Waals surface area contributed by atoms with Crippen LogP contribution in [0.1, 0.15) is 61.6 Å². The smallest absolute Gasteiger partial charge is 0.0708 e. The van der Waals surface area contributed by atoms with E-state index in [0.717, 1.165) is 77.7 Å². The van der Waals surface area contributed by atoms with Crippen LogP contribution in [0.15, 0.2) is 158 Å². The van der Waals surface area contributed by atoms with Gasteiger partial charge in [0.15, 0.2) is 0 Å². The molecule has 0 amide bonds. The Kier molecular flexibility index (Phi) is 9.30. The van der Waals surface area contributed by atoms with Gasteiger partial charge >= 0.3 is 0 Å². The summed E-state index contributed by atoms with van der Waals surface area (Å²) < 4.78 is 9.01. The van der Waals surface area contributed by atoms with Crippen molar-refractivity contribution in [1.82, 2.24) is 9.97 Å². The van der Waals surface area contributed by atoms with Crippen molar-refractivity contribution in [3.05, 3.63) is 180 Å². The van der Waals surface area contributed by atoms with Gasteiger partial charge in [0.2, 0.25) is 0 Å². The van der Waals surface area contributed by atoms with E-state index in [1.807, 2.05) is 24.5 Å². The first kappa shape index (κ1) is 31.4. The second-order valence-electron chi connectivity index (χ2n) is 13.9. The number of aryl methyl sites for hydroxylation is 3. The summed E-state index contributed by atoms with van der Waals surface area (Å²) in [5.41, 5.74) is 16.5.